The van der Waals surface area contributed by atoms with E-state index in [1.807, 2.05) is 5.38 Å². The molecule has 1 aromatic carbocycles. The average molecular weight is 427 g/mol. The van der Waals surface area contributed by atoms with Crippen LogP contribution in [0.3, 0.4) is 0 Å². The molecule has 0 amide bonds. The van der Waals surface area contributed by atoms with Crippen LogP contribution in [0.15, 0.2) is 69.8 Å². The lowest BCUT2D eigenvalue weighted by Gasteiger charge is -2.07. The van der Waals surface area contributed by atoms with Gasteiger partial charge in [-0.15, -0.1) is 11.3 Å². The largest absolute Gasteiger partial charge is 0.312 e. The molecule has 0 radical (unpaired) electrons. The second-order valence-electron chi connectivity index (χ2n) is 6.08. The Hall–Kier alpha value is -3.43. The summed E-state index contributed by atoms with van der Waals surface area (Å²) in [4.78, 5) is 40.1. The van der Waals surface area contributed by atoms with Gasteiger partial charge in [0.15, 0.2) is 0 Å². The molecule has 1 aliphatic carbocycles. The number of fused-ring (bicyclic) bond motifs is 1. The van der Waals surface area contributed by atoms with Crippen molar-refractivity contribution in [3.63, 3.8) is 0 Å². The third-order valence-electron chi connectivity index (χ3n) is 4.31. The van der Waals surface area contributed by atoms with Crippen molar-refractivity contribution in [1.82, 2.24) is 9.66 Å². The third-order valence-corrected chi connectivity index (χ3v) is 5.45. The topological polar surface area (TPSA) is 107 Å². The maximum atomic E-state index is 12.9. The second kappa shape index (κ2) is 7.53. The normalized spacial score (nSPS) is 16.5. The molecule has 2 heterocycles. The van der Waals surface area contributed by atoms with Crippen molar-refractivity contribution < 1.29 is 9.72 Å². The van der Waals surface area contributed by atoms with Gasteiger partial charge in [-0.3, -0.25) is 19.7 Å². The molecule has 0 bridgehead atoms. The van der Waals surface area contributed by atoms with Gasteiger partial charge >= 0.3 is 5.70 Å². The fourth-order valence-electron chi connectivity index (χ4n) is 2.87. The molecule has 0 fully saturated rings. The highest BCUT2D eigenvalue weighted by molar-refractivity contribution is 7.17. The molecular weight excluding hydrogens is 416 g/mol. The molecule has 1 atom stereocenters. The number of carbonyl (C=O) groups excluding carboxylic acids is 1. The van der Waals surface area contributed by atoms with Crippen molar-refractivity contribution in [2.75, 3.05) is 0 Å². The number of nitro groups is 1. The summed E-state index contributed by atoms with van der Waals surface area (Å²) >= 11 is 7.26. The van der Waals surface area contributed by atoms with E-state index in [0.29, 0.717) is 20.8 Å². The standard InChI is InChI=1S/C19H11ClN4O4S/c20-13-6-4-11(5-7-13)14-9-29-18-16(14)19(26)23(10-21-18)22-8-12-2-1-3-15(17(12)25)24(27)28/h1-10,12H/b22-8+. The molecule has 1 unspecified atom stereocenters. The van der Waals surface area contributed by atoms with Gasteiger partial charge in [0, 0.05) is 28.3 Å². The first-order chi connectivity index (χ1) is 14.0. The van der Waals surface area contributed by atoms with E-state index in [2.05, 4.69) is 10.1 Å². The molecular formula is C19H11ClN4O4S. The van der Waals surface area contributed by atoms with Gasteiger partial charge in [-0.05, 0) is 17.7 Å². The molecule has 3 aromatic rings. The van der Waals surface area contributed by atoms with Gasteiger partial charge in [0.2, 0.25) is 5.78 Å². The lowest BCUT2D eigenvalue weighted by molar-refractivity contribution is -0.419. The van der Waals surface area contributed by atoms with Gasteiger partial charge in [-0.25, -0.2) is 4.98 Å². The van der Waals surface area contributed by atoms with E-state index < -0.39 is 27.9 Å². The van der Waals surface area contributed by atoms with Crippen LogP contribution in [-0.4, -0.2) is 26.6 Å². The third kappa shape index (κ3) is 3.53. The van der Waals surface area contributed by atoms with E-state index in [-0.39, 0.29) is 0 Å². The van der Waals surface area contributed by atoms with Crippen LogP contribution in [0, 0.1) is 16.0 Å². The lowest BCUT2D eigenvalue weighted by Crippen LogP contribution is -2.24. The number of Topliss-reactive ketones (excluding diaryl/α,β-unsaturated/α-hetero) is 1. The molecule has 8 nitrogen and oxygen atoms in total. The average Bonchev–Trinajstić information content (AvgIpc) is 3.14. The Labute approximate surface area is 172 Å². The van der Waals surface area contributed by atoms with Crippen LogP contribution < -0.4 is 5.56 Å². The Bertz CT molecular complexity index is 1290. The van der Waals surface area contributed by atoms with E-state index in [9.17, 15) is 19.7 Å². The summed E-state index contributed by atoms with van der Waals surface area (Å²) in [7, 11) is 0. The molecule has 144 valence electrons. The van der Waals surface area contributed by atoms with Crippen molar-refractivity contribution in [3.8, 4) is 11.1 Å². The highest BCUT2D eigenvalue weighted by Crippen LogP contribution is 2.31. The minimum Gasteiger partial charge on any atom is -0.286 e. The number of hydrogen-bond donors (Lipinski definition) is 0. The minimum absolute atomic E-state index is 0.397. The SMILES string of the molecule is O=C1C([N+](=O)[O-])=CC=CC1/C=N/n1cnc2scc(-c3ccc(Cl)cc3)c2c1=O. The second-order valence-corrected chi connectivity index (χ2v) is 7.37. The summed E-state index contributed by atoms with van der Waals surface area (Å²) in [6.45, 7) is 0. The van der Waals surface area contributed by atoms with Crippen LogP contribution in [0.2, 0.25) is 5.02 Å². The van der Waals surface area contributed by atoms with E-state index in [0.717, 1.165) is 16.3 Å². The maximum Gasteiger partial charge on any atom is 0.312 e. The van der Waals surface area contributed by atoms with E-state index in [1.165, 1.54) is 36.0 Å². The lowest BCUT2D eigenvalue weighted by atomic mass is 9.98. The summed E-state index contributed by atoms with van der Waals surface area (Å²) in [5, 5.41) is 17.8. The summed E-state index contributed by atoms with van der Waals surface area (Å²) in [5.74, 6) is -1.62. The van der Waals surface area contributed by atoms with E-state index >= 15 is 0 Å². The Morgan fingerprint density at radius 1 is 1.28 bits per heavy atom. The number of aromatic nitrogens is 2. The summed E-state index contributed by atoms with van der Waals surface area (Å²) in [6.07, 6.45) is 6.47. The first-order valence-corrected chi connectivity index (χ1v) is 9.58. The predicted molar refractivity (Wildman–Crippen MR) is 111 cm³/mol. The number of carbonyl (C=O) groups is 1. The van der Waals surface area contributed by atoms with Crippen LogP contribution in [-0.2, 0) is 4.79 Å². The molecule has 2 aromatic heterocycles. The summed E-state index contributed by atoms with van der Waals surface area (Å²) < 4.78 is 1.01. The summed E-state index contributed by atoms with van der Waals surface area (Å²) in [6, 6.07) is 7.07. The molecule has 29 heavy (non-hydrogen) atoms. The maximum absolute atomic E-state index is 12.9. The molecule has 0 N–H and O–H groups in total. The fourth-order valence-corrected chi connectivity index (χ4v) is 3.90. The zero-order chi connectivity index (χ0) is 20.5. The van der Waals surface area contributed by atoms with E-state index in [1.54, 1.807) is 24.3 Å². The van der Waals surface area contributed by atoms with Crippen LogP contribution in [0.4, 0.5) is 0 Å². The first-order valence-electron chi connectivity index (χ1n) is 8.32. The fraction of sp³-hybridized carbons (Fsp3) is 0.0526. The monoisotopic (exact) mass is 426 g/mol. The van der Waals surface area contributed by atoms with Crippen LogP contribution >= 0.6 is 22.9 Å². The molecule has 0 saturated heterocycles. The summed E-state index contributed by atoms with van der Waals surface area (Å²) in [5.41, 5.74) is 0.589. The molecule has 0 spiro atoms. The number of ketones is 1. The number of hydrogen-bond acceptors (Lipinski definition) is 7. The number of halogens is 1. The quantitative estimate of drug-likeness (QED) is 0.360. The Morgan fingerprint density at radius 3 is 2.76 bits per heavy atom. The first kappa shape index (κ1) is 18.9. The molecule has 0 aliphatic heterocycles. The van der Waals surface area contributed by atoms with Crippen molar-refractivity contribution in [2.24, 2.45) is 11.0 Å². The number of rotatable bonds is 4. The van der Waals surface area contributed by atoms with E-state index in [4.69, 9.17) is 11.6 Å². The number of thiophene rings is 1. The smallest absolute Gasteiger partial charge is 0.286 e. The molecule has 0 saturated carbocycles. The number of allylic oxidation sites excluding steroid dienone is 4. The number of nitrogens with zero attached hydrogens (tertiary/aromatic N) is 4. The van der Waals surface area contributed by atoms with Gasteiger partial charge in [-0.1, -0.05) is 35.9 Å². The van der Waals surface area contributed by atoms with Gasteiger partial charge in [-0.2, -0.15) is 9.78 Å². The molecule has 4 rings (SSSR count). The van der Waals surface area contributed by atoms with Crippen LogP contribution in [0.25, 0.3) is 21.3 Å². The number of benzene rings is 1. The van der Waals surface area contributed by atoms with Crippen LogP contribution in [0.1, 0.15) is 0 Å². The van der Waals surface area contributed by atoms with Gasteiger partial charge in [0.25, 0.3) is 5.56 Å². The predicted octanol–water partition coefficient (Wildman–Crippen LogP) is 3.53. The zero-order valence-corrected chi connectivity index (χ0v) is 16.1. The van der Waals surface area contributed by atoms with Gasteiger partial charge in [0.05, 0.1) is 16.2 Å². The Morgan fingerprint density at radius 2 is 2.03 bits per heavy atom. The highest BCUT2D eigenvalue weighted by atomic mass is 35.5. The van der Waals surface area contributed by atoms with Crippen molar-refractivity contribution in [3.05, 3.63) is 85.4 Å². The van der Waals surface area contributed by atoms with Gasteiger partial charge < -0.3 is 0 Å². The zero-order valence-electron chi connectivity index (χ0n) is 14.6. The van der Waals surface area contributed by atoms with Crippen LogP contribution in [0.5, 0.6) is 0 Å². The Kier molecular flexibility index (Phi) is 4.91. The molecule has 1 aliphatic rings. The van der Waals surface area contributed by atoms with Crippen molar-refractivity contribution in [2.45, 2.75) is 0 Å². The Balaban J connectivity index is 1.72. The van der Waals surface area contributed by atoms with Crippen molar-refractivity contribution >= 4 is 45.2 Å². The highest BCUT2D eigenvalue weighted by Gasteiger charge is 2.29. The van der Waals surface area contributed by atoms with Gasteiger partial charge in [0.1, 0.15) is 11.2 Å². The molecule has 10 heteroatoms. The van der Waals surface area contributed by atoms with Crippen molar-refractivity contribution in [1.29, 1.82) is 0 Å². The minimum atomic E-state index is -0.929.